The van der Waals surface area contributed by atoms with Gasteiger partial charge >= 0.3 is 0 Å². The molecule has 0 aliphatic carbocycles. The van der Waals surface area contributed by atoms with Crippen LogP contribution in [-0.2, 0) is 28.5 Å². The van der Waals surface area contributed by atoms with Crippen LogP contribution < -0.4 is 0 Å². The SMILES string of the molecule is CO[C@H]1O[C@@H]2COC(C)O[C@H]2C(=O)[C@@H]1OC. The monoisotopic (exact) mass is 232 g/mol. The molecule has 0 aromatic carbocycles. The van der Waals surface area contributed by atoms with Gasteiger partial charge in [-0.15, -0.1) is 0 Å². The van der Waals surface area contributed by atoms with E-state index in [0.717, 1.165) is 0 Å². The van der Waals surface area contributed by atoms with Crippen molar-refractivity contribution in [2.45, 2.75) is 37.8 Å². The van der Waals surface area contributed by atoms with Gasteiger partial charge in [0.25, 0.3) is 0 Å². The minimum absolute atomic E-state index is 0.152. The van der Waals surface area contributed by atoms with Crippen LogP contribution in [0.15, 0.2) is 0 Å². The highest BCUT2D eigenvalue weighted by molar-refractivity contribution is 5.89. The fraction of sp³-hybridized carbons (Fsp3) is 0.900. The van der Waals surface area contributed by atoms with Gasteiger partial charge in [0.05, 0.1) is 6.61 Å². The third-order valence-electron chi connectivity index (χ3n) is 2.77. The van der Waals surface area contributed by atoms with Gasteiger partial charge in [-0.3, -0.25) is 4.79 Å². The van der Waals surface area contributed by atoms with Gasteiger partial charge in [0.1, 0.15) is 6.10 Å². The van der Waals surface area contributed by atoms with Crippen molar-refractivity contribution in [1.29, 1.82) is 0 Å². The highest BCUT2D eigenvalue weighted by Gasteiger charge is 2.48. The first-order valence-electron chi connectivity index (χ1n) is 5.19. The average molecular weight is 232 g/mol. The number of carbonyl (C=O) groups excluding carboxylic acids is 1. The van der Waals surface area contributed by atoms with E-state index in [4.69, 9.17) is 23.7 Å². The van der Waals surface area contributed by atoms with E-state index in [-0.39, 0.29) is 5.78 Å². The van der Waals surface area contributed by atoms with Gasteiger partial charge in [-0.1, -0.05) is 0 Å². The molecule has 2 aliphatic rings. The van der Waals surface area contributed by atoms with Gasteiger partial charge in [0.2, 0.25) is 0 Å². The summed E-state index contributed by atoms with van der Waals surface area (Å²) in [7, 11) is 2.92. The van der Waals surface area contributed by atoms with Crippen LogP contribution in [0, 0.1) is 0 Å². The first-order chi connectivity index (χ1) is 7.67. The van der Waals surface area contributed by atoms with Crippen molar-refractivity contribution in [2.24, 2.45) is 0 Å². The van der Waals surface area contributed by atoms with E-state index in [1.165, 1.54) is 14.2 Å². The van der Waals surface area contributed by atoms with E-state index in [9.17, 15) is 4.79 Å². The van der Waals surface area contributed by atoms with E-state index >= 15 is 0 Å². The Morgan fingerprint density at radius 3 is 2.62 bits per heavy atom. The molecular formula is C10H16O6. The summed E-state index contributed by atoms with van der Waals surface area (Å²) in [6.07, 6.45) is -2.87. The molecule has 16 heavy (non-hydrogen) atoms. The van der Waals surface area contributed by atoms with E-state index in [1.807, 2.05) is 0 Å². The molecule has 0 radical (unpaired) electrons. The fourth-order valence-corrected chi connectivity index (χ4v) is 1.96. The third kappa shape index (κ3) is 1.99. The number of carbonyl (C=O) groups is 1. The summed E-state index contributed by atoms with van der Waals surface area (Å²) >= 11 is 0. The highest BCUT2D eigenvalue weighted by Crippen LogP contribution is 2.26. The zero-order valence-electron chi connectivity index (χ0n) is 9.54. The highest BCUT2D eigenvalue weighted by atomic mass is 16.8. The molecule has 0 N–H and O–H groups in total. The summed E-state index contributed by atoms with van der Waals surface area (Å²) in [5, 5.41) is 0. The molecule has 2 fully saturated rings. The number of methoxy groups -OCH3 is 2. The van der Waals surface area contributed by atoms with Gasteiger partial charge in [-0.05, 0) is 6.92 Å². The molecule has 2 rings (SSSR count). The third-order valence-corrected chi connectivity index (χ3v) is 2.77. The topological polar surface area (TPSA) is 63.2 Å². The largest absolute Gasteiger partial charge is 0.368 e. The zero-order chi connectivity index (χ0) is 11.7. The minimum atomic E-state index is -0.739. The number of ether oxygens (including phenoxy) is 5. The Bertz CT molecular complexity index is 268. The number of fused-ring (bicyclic) bond motifs is 1. The van der Waals surface area contributed by atoms with Crippen molar-refractivity contribution in [1.82, 2.24) is 0 Å². The Balaban J connectivity index is 2.13. The number of ketones is 1. The van der Waals surface area contributed by atoms with Gasteiger partial charge in [0, 0.05) is 14.2 Å². The van der Waals surface area contributed by atoms with Crippen LogP contribution in [0.3, 0.4) is 0 Å². The van der Waals surface area contributed by atoms with Crippen LogP contribution in [0.5, 0.6) is 0 Å². The summed E-state index contributed by atoms with van der Waals surface area (Å²) in [5.41, 5.74) is 0. The van der Waals surface area contributed by atoms with Crippen molar-refractivity contribution in [3.8, 4) is 0 Å². The van der Waals surface area contributed by atoms with E-state index in [1.54, 1.807) is 6.92 Å². The first-order valence-corrected chi connectivity index (χ1v) is 5.19. The van der Waals surface area contributed by atoms with Crippen molar-refractivity contribution in [3.05, 3.63) is 0 Å². The Morgan fingerprint density at radius 2 is 2.00 bits per heavy atom. The maximum absolute atomic E-state index is 12.0. The van der Waals surface area contributed by atoms with Gasteiger partial charge in [-0.25, -0.2) is 0 Å². The standard InChI is InChI=1S/C10H16O6/c1-5-14-4-6-8(15-5)7(11)9(12-2)10(13-3)16-6/h5-6,8-10H,4H2,1-3H3/t5?,6-,8-,9+,10+/m1/s1. The van der Waals surface area contributed by atoms with Crippen LogP contribution in [0.2, 0.25) is 0 Å². The van der Waals surface area contributed by atoms with Crippen LogP contribution in [0.25, 0.3) is 0 Å². The first kappa shape index (κ1) is 11.9. The molecular weight excluding hydrogens is 216 g/mol. The quantitative estimate of drug-likeness (QED) is 0.651. The second-order valence-electron chi connectivity index (χ2n) is 3.79. The molecule has 92 valence electrons. The zero-order valence-corrected chi connectivity index (χ0v) is 9.54. The number of rotatable bonds is 2. The molecule has 0 aromatic heterocycles. The Kier molecular flexibility index (Phi) is 3.56. The summed E-state index contributed by atoms with van der Waals surface area (Å²) < 4.78 is 26.3. The summed E-state index contributed by atoms with van der Waals surface area (Å²) in [4.78, 5) is 12.0. The molecule has 2 aliphatic heterocycles. The van der Waals surface area contributed by atoms with Crippen molar-refractivity contribution >= 4 is 5.78 Å². The van der Waals surface area contributed by atoms with Crippen LogP contribution in [-0.4, -0.2) is 57.5 Å². The molecule has 5 atom stereocenters. The maximum atomic E-state index is 12.0. The Hall–Kier alpha value is -0.530. The van der Waals surface area contributed by atoms with E-state index < -0.39 is 30.9 Å². The fourth-order valence-electron chi connectivity index (χ4n) is 1.96. The minimum Gasteiger partial charge on any atom is -0.368 e. The number of Topliss-reactive ketones (excluding diaryl/α,β-unsaturated/α-hetero) is 1. The Morgan fingerprint density at radius 1 is 1.25 bits per heavy atom. The molecule has 2 saturated heterocycles. The summed E-state index contributed by atoms with van der Waals surface area (Å²) in [6.45, 7) is 2.07. The average Bonchev–Trinajstić information content (AvgIpc) is 2.29. The number of hydrogen-bond donors (Lipinski definition) is 0. The normalized spacial score (nSPS) is 44.2. The maximum Gasteiger partial charge on any atom is 0.198 e. The Labute approximate surface area is 93.7 Å². The van der Waals surface area contributed by atoms with Crippen molar-refractivity contribution in [2.75, 3.05) is 20.8 Å². The van der Waals surface area contributed by atoms with Crippen LogP contribution in [0.1, 0.15) is 6.92 Å². The molecule has 0 bridgehead atoms. The summed E-state index contributed by atoms with van der Waals surface area (Å²) in [5.74, 6) is -0.152. The van der Waals surface area contributed by atoms with Crippen molar-refractivity contribution in [3.63, 3.8) is 0 Å². The second-order valence-corrected chi connectivity index (χ2v) is 3.79. The smallest absolute Gasteiger partial charge is 0.198 e. The van der Waals surface area contributed by atoms with E-state index in [2.05, 4.69) is 0 Å². The molecule has 0 saturated carbocycles. The predicted octanol–water partition coefficient (Wildman–Crippen LogP) is -0.297. The van der Waals surface area contributed by atoms with Crippen LogP contribution in [0.4, 0.5) is 0 Å². The predicted molar refractivity (Wildman–Crippen MR) is 51.8 cm³/mol. The van der Waals surface area contributed by atoms with Gasteiger partial charge in [0.15, 0.2) is 30.6 Å². The lowest BCUT2D eigenvalue weighted by Crippen LogP contribution is -2.61. The molecule has 6 heteroatoms. The molecule has 0 spiro atoms. The van der Waals surface area contributed by atoms with E-state index in [0.29, 0.717) is 6.61 Å². The molecule has 1 unspecified atom stereocenters. The molecule has 0 amide bonds. The molecule has 2 heterocycles. The lowest BCUT2D eigenvalue weighted by atomic mass is 10.00. The van der Waals surface area contributed by atoms with Crippen LogP contribution >= 0.6 is 0 Å². The lowest BCUT2D eigenvalue weighted by molar-refractivity contribution is -0.309. The number of hydrogen-bond acceptors (Lipinski definition) is 6. The summed E-state index contributed by atoms with van der Waals surface area (Å²) in [6, 6.07) is 0. The van der Waals surface area contributed by atoms with Gasteiger partial charge in [-0.2, -0.15) is 0 Å². The molecule has 0 aromatic rings. The lowest BCUT2D eigenvalue weighted by Gasteiger charge is -2.42. The van der Waals surface area contributed by atoms with Crippen molar-refractivity contribution < 1.29 is 28.5 Å². The second kappa shape index (κ2) is 4.77. The van der Waals surface area contributed by atoms with Gasteiger partial charge < -0.3 is 23.7 Å². The molecule has 6 nitrogen and oxygen atoms in total.